The standard InChI is InChI=1S/2C23H21F6.C12H7Si.2ClH.Zr/c2*1-3-5-14-9-16-8-7-15(6-4-2)21(20(16)10-14)17-11-18(22(24,25)26)13-19(12-17)23(27,28)29;1-3-7-11-9(5-1)10-6-2-4-8-12(10)13-11;;;/h2*7-13H,3-6H2,1-2H3;1-7H;2*1H;/q3*-1;;;+2/p-2. The van der Waals surface area contributed by atoms with E-state index >= 15 is 0 Å². The van der Waals surface area contributed by atoms with Crippen LogP contribution in [0.3, 0.4) is 0 Å². The van der Waals surface area contributed by atoms with Gasteiger partial charge in [0, 0.05) is 0 Å². The quantitative estimate of drug-likeness (QED) is 0.0727. The minimum atomic E-state index is -4.87. The second-order valence-corrected chi connectivity index (χ2v) is 22.7. The Labute approximate surface area is 444 Å². The molecule has 0 N–H and O–H groups in total. The molecule has 1 aliphatic rings. The summed E-state index contributed by atoms with van der Waals surface area (Å²) in [6.07, 6.45) is -13.5. The van der Waals surface area contributed by atoms with Crippen LogP contribution in [0.1, 0.15) is 97.9 Å². The molecular formula is C58H49Cl2F12SiZr-3. The predicted molar refractivity (Wildman–Crippen MR) is 273 cm³/mol. The third-order valence-corrected chi connectivity index (χ3v) is 13.6. The van der Waals surface area contributed by atoms with Gasteiger partial charge in [0.15, 0.2) is 0 Å². The van der Waals surface area contributed by atoms with E-state index in [1.807, 2.05) is 82.3 Å². The zero-order valence-corrected chi connectivity index (χ0v) is 45.5. The third kappa shape index (κ3) is 14.4. The Morgan fingerprint density at radius 2 is 0.851 bits per heavy atom. The van der Waals surface area contributed by atoms with E-state index in [4.69, 9.17) is 17.0 Å². The van der Waals surface area contributed by atoms with Crippen molar-refractivity contribution >= 4 is 58.5 Å². The fraction of sp³-hybridized carbons (Fsp3) is 0.276. The molecule has 0 saturated heterocycles. The summed E-state index contributed by atoms with van der Waals surface area (Å²) in [7, 11) is 10.7. The summed E-state index contributed by atoms with van der Waals surface area (Å²) in [6.45, 7) is 7.89. The Hall–Kier alpha value is -4.62. The molecule has 9 rings (SSSR count). The number of benzene rings is 6. The van der Waals surface area contributed by atoms with E-state index in [9.17, 15) is 52.7 Å². The first-order valence-corrected chi connectivity index (χ1v) is 31.1. The molecule has 0 nitrogen and oxygen atoms in total. The fourth-order valence-electron chi connectivity index (χ4n) is 9.21. The van der Waals surface area contributed by atoms with E-state index < -0.39 is 67.8 Å². The number of hydrogen-bond donors (Lipinski definition) is 0. The summed E-state index contributed by atoms with van der Waals surface area (Å²) in [6, 6.07) is 36.9. The molecule has 0 amide bonds. The van der Waals surface area contributed by atoms with Gasteiger partial charge < -0.3 is 0 Å². The van der Waals surface area contributed by atoms with E-state index in [1.165, 1.54) is 21.5 Å². The van der Waals surface area contributed by atoms with Gasteiger partial charge in [-0.15, -0.1) is 74.6 Å². The number of aryl methyl sites for hydroxylation is 4. The number of fused-ring (bicyclic) bond motifs is 5. The Morgan fingerprint density at radius 3 is 1.23 bits per heavy atom. The molecule has 0 saturated carbocycles. The van der Waals surface area contributed by atoms with Gasteiger partial charge in [-0.05, 0) is 73.2 Å². The molecule has 0 fully saturated rings. The zero-order valence-electron chi connectivity index (χ0n) is 40.6. The minimum absolute atomic E-state index is 0.0464. The van der Waals surface area contributed by atoms with Crippen molar-refractivity contribution in [2.75, 3.05) is 0 Å². The molecule has 0 aromatic heterocycles. The monoisotopic (exact) mass is 1160 g/mol. The van der Waals surface area contributed by atoms with E-state index in [-0.39, 0.29) is 23.3 Å². The van der Waals surface area contributed by atoms with E-state index in [0.717, 1.165) is 105 Å². The SMILES string of the molecule is CCCc1cc2c(-c3cc(C(F)(F)F)cc(C(F)(F)F)c3)c(CCC)ccc2[cH-]1.CCCc1cc2c(-c3cc(C(F)(F)F)cc(C(F)(F)F)c3)c(CCC)ccc2[cH-]1.[Cl][Zr][Cl].[c-]1cccc2c1[Si]c1ccccc1-2. The van der Waals surface area contributed by atoms with Gasteiger partial charge in [-0.1, -0.05) is 111 Å². The van der Waals surface area contributed by atoms with Crippen LogP contribution in [0.5, 0.6) is 0 Å². The molecule has 16 heteroatoms. The van der Waals surface area contributed by atoms with Gasteiger partial charge in [-0.3, -0.25) is 0 Å². The molecule has 1 aliphatic heterocycles. The molecule has 0 unspecified atom stereocenters. The van der Waals surface area contributed by atoms with Crippen molar-refractivity contribution in [3.8, 4) is 33.4 Å². The van der Waals surface area contributed by atoms with Gasteiger partial charge in [0.05, 0.1) is 31.8 Å². The third-order valence-electron chi connectivity index (χ3n) is 12.3. The van der Waals surface area contributed by atoms with Crippen LogP contribution in [0, 0.1) is 6.07 Å². The van der Waals surface area contributed by atoms with Gasteiger partial charge in [0.1, 0.15) is 0 Å². The maximum absolute atomic E-state index is 13.4. The van der Waals surface area contributed by atoms with Crippen molar-refractivity contribution in [1.82, 2.24) is 0 Å². The Balaban J connectivity index is 0.000000186. The van der Waals surface area contributed by atoms with Crippen molar-refractivity contribution in [2.45, 2.75) is 104 Å². The fourth-order valence-corrected chi connectivity index (χ4v) is 10.5. The van der Waals surface area contributed by atoms with E-state index in [2.05, 4.69) is 42.5 Å². The molecule has 390 valence electrons. The van der Waals surface area contributed by atoms with Crippen LogP contribution in [-0.2, 0) is 71.2 Å². The van der Waals surface area contributed by atoms with Gasteiger partial charge in [-0.2, -0.15) is 94.3 Å². The normalized spacial score (nSPS) is 12.3. The summed E-state index contributed by atoms with van der Waals surface area (Å²) in [4.78, 5) is 0. The second-order valence-electron chi connectivity index (χ2n) is 17.7. The topological polar surface area (TPSA) is 0 Å². The maximum Gasteiger partial charge on any atom is 0.0920 e. The van der Waals surface area contributed by atoms with Crippen LogP contribution in [0.15, 0.2) is 127 Å². The molecule has 0 aliphatic carbocycles. The van der Waals surface area contributed by atoms with Crippen molar-refractivity contribution in [3.63, 3.8) is 0 Å². The zero-order chi connectivity index (χ0) is 54.2. The first-order chi connectivity index (χ1) is 34.9. The van der Waals surface area contributed by atoms with Gasteiger partial charge >= 0.3 is 62.6 Å². The Morgan fingerprint density at radius 1 is 0.473 bits per heavy atom. The average Bonchev–Trinajstić information content (AvgIpc) is 4.06. The second kappa shape index (κ2) is 25.0. The number of halogens is 14. The number of alkyl halides is 12. The van der Waals surface area contributed by atoms with Crippen LogP contribution in [0.4, 0.5) is 52.7 Å². The summed E-state index contributed by atoms with van der Waals surface area (Å²) in [5.74, 6) is 0. The molecule has 0 bridgehead atoms. The summed E-state index contributed by atoms with van der Waals surface area (Å²) in [5, 5.41) is 5.88. The molecule has 2 radical (unpaired) electrons. The Bertz CT molecular complexity index is 2890. The number of rotatable bonds is 10. The van der Waals surface area contributed by atoms with Gasteiger partial charge in [0.25, 0.3) is 0 Å². The molecule has 1 heterocycles. The van der Waals surface area contributed by atoms with Crippen molar-refractivity contribution in [1.29, 1.82) is 0 Å². The van der Waals surface area contributed by atoms with Gasteiger partial charge in [-0.25, -0.2) is 0 Å². The van der Waals surface area contributed by atoms with E-state index in [0.29, 0.717) is 34.7 Å². The number of hydrogen-bond acceptors (Lipinski definition) is 0. The van der Waals surface area contributed by atoms with E-state index in [1.54, 1.807) is 0 Å². The molecule has 0 atom stereocenters. The largest absolute Gasteiger partial charge is 0.184 e. The Kier molecular flexibility index (Phi) is 19.8. The molecule has 74 heavy (non-hydrogen) atoms. The first-order valence-electron chi connectivity index (χ1n) is 23.8. The van der Waals surface area contributed by atoms with Crippen molar-refractivity contribution < 1.29 is 73.5 Å². The van der Waals surface area contributed by atoms with Crippen LogP contribution in [-0.4, -0.2) is 9.52 Å². The van der Waals surface area contributed by atoms with Gasteiger partial charge in [0.2, 0.25) is 0 Å². The summed E-state index contributed by atoms with van der Waals surface area (Å²) in [5.41, 5.74) is 2.00. The van der Waals surface area contributed by atoms with Crippen LogP contribution in [0.25, 0.3) is 54.9 Å². The van der Waals surface area contributed by atoms with Crippen molar-refractivity contribution in [3.05, 3.63) is 178 Å². The predicted octanol–water partition coefficient (Wildman–Crippen LogP) is 18.8. The molecule has 0 spiro atoms. The van der Waals surface area contributed by atoms with Crippen LogP contribution < -0.4 is 10.4 Å². The summed E-state index contributed by atoms with van der Waals surface area (Å²) < 4.78 is 160. The maximum atomic E-state index is 13.4. The molecule has 8 aromatic carbocycles. The minimum Gasteiger partial charge on any atom is -0.184 e. The smallest absolute Gasteiger partial charge is 0.0920 e. The first kappa shape index (κ1) is 58.6. The van der Waals surface area contributed by atoms with Crippen LogP contribution >= 0.6 is 17.0 Å². The molecular weight excluding hydrogens is 1110 g/mol. The average molecular weight is 1160 g/mol. The molecule has 8 aromatic rings. The van der Waals surface area contributed by atoms with Crippen LogP contribution in [0.2, 0.25) is 0 Å². The van der Waals surface area contributed by atoms with Crippen molar-refractivity contribution in [2.24, 2.45) is 0 Å². The summed E-state index contributed by atoms with van der Waals surface area (Å²) >= 11 is -0.826.